The Balaban J connectivity index is 2.07. The summed E-state index contributed by atoms with van der Waals surface area (Å²) in [5.41, 5.74) is 8.42. The summed E-state index contributed by atoms with van der Waals surface area (Å²) in [5, 5.41) is 0. The van der Waals surface area contributed by atoms with Crippen molar-refractivity contribution in [2.45, 2.75) is 0 Å². The molecular formula is C18H24N4O2. The lowest BCUT2D eigenvalue weighted by molar-refractivity contribution is 0.0600. The van der Waals surface area contributed by atoms with Crippen LogP contribution in [0.4, 0.5) is 0 Å². The van der Waals surface area contributed by atoms with Gasteiger partial charge in [0, 0.05) is 37.9 Å². The molecule has 1 saturated heterocycles. The van der Waals surface area contributed by atoms with Crippen molar-refractivity contribution in [3.05, 3.63) is 53.9 Å². The highest BCUT2D eigenvalue weighted by atomic mass is 16.5. The summed E-state index contributed by atoms with van der Waals surface area (Å²) in [6.45, 7) is 7.78. The molecule has 0 unspecified atom stereocenters. The molecule has 128 valence electrons. The van der Waals surface area contributed by atoms with Crippen molar-refractivity contribution in [3.63, 3.8) is 0 Å². The number of rotatable bonds is 5. The van der Waals surface area contributed by atoms with E-state index in [0.29, 0.717) is 11.3 Å². The molecule has 1 aromatic carbocycles. The average molecular weight is 328 g/mol. The zero-order valence-electron chi connectivity index (χ0n) is 14.2. The van der Waals surface area contributed by atoms with Crippen LogP contribution >= 0.6 is 0 Å². The maximum Gasteiger partial charge on any atom is 0.337 e. The number of hydrogen-bond acceptors (Lipinski definition) is 6. The topological polar surface area (TPSA) is 71.2 Å². The molecule has 1 fully saturated rings. The second-order valence-corrected chi connectivity index (χ2v) is 5.66. The molecule has 0 saturated carbocycles. The Morgan fingerprint density at radius 2 is 1.96 bits per heavy atom. The molecular weight excluding hydrogens is 304 g/mol. The lowest BCUT2D eigenvalue weighted by atomic mass is 10.1. The lowest BCUT2D eigenvalue weighted by Gasteiger charge is -2.34. The van der Waals surface area contributed by atoms with Gasteiger partial charge in [0.1, 0.15) is 0 Å². The first-order valence-electron chi connectivity index (χ1n) is 7.82. The fourth-order valence-corrected chi connectivity index (χ4v) is 2.46. The minimum Gasteiger partial charge on any atom is -0.465 e. The van der Waals surface area contributed by atoms with E-state index < -0.39 is 0 Å². The van der Waals surface area contributed by atoms with Crippen LogP contribution in [0.5, 0.6) is 0 Å². The van der Waals surface area contributed by atoms with Gasteiger partial charge in [0.05, 0.1) is 30.3 Å². The average Bonchev–Trinajstić information content (AvgIpc) is 2.62. The number of benzene rings is 1. The van der Waals surface area contributed by atoms with Crippen LogP contribution < -0.4 is 5.73 Å². The second kappa shape index (κ2) is 8.31. The van der Waals surface area contributed by atoms with Gasteiger partial charge in [-0.25, -0.2) is 4.79 Å². The first-order valence-corrected chi connectivity index (χ1v) is 7.82. The third-order valence-corrected chi connectivity index (χ3v) is 4.01. The summed E-state index contributed by atoms with van der Waals surface area (Å²) in [7, 11) is 3.46. The number of carbonyl (C=O) groups excluding carboxylic acids is 1. The van der Waals surface area contributed by atoms with Crippen LogP contribution in [0, 0.1) is 0 Å². The van der Waals surface area contributed by atoms with Crippen molar-refractivity contribution < 1.29 is 9.53 Å². The number of nitrogens with zero attached hydrogens (tertiary/aromatic N) is 3. The SMILES string of the molecule is C=C(N=C/C(=C\N)N1CCN(C)CC1)c1cccc(C(=O)OC)c1. The zero-order chi connectivity index (χ0) is 17.5. The van der Waals surface area contributed by atoms with Gasteiger partial charge in [-0.2, -0.15) is 0 Å². The highest BCUT2D eigenvalue weighted by molar-refractivity contribution is 5.91. The van der Waals surface area contributed by atoms with Crippen LogP contribution in [0.25, 0.3) is 5.70 Å². The van der Waals surface area contributed by atoms with E-state index in [1.807, 2.05) is 6.07 Å². The lowest BCUT2D eigenvalue weighted by Crippen LogP contribution is -2.44. The summed E-state index contributed by atoms with van der Waals surface area (Å²) in [6.07, 6.45) is 3.28. The number of hydrogen-bond donors (Lipinski definition) is 1. The zero-order valence-corrected chi connectivity index (χ0v) is 14.2. The number of methoxy groups -OCH3 is 1. The molecule has 6 heteroatoms. The summed E-state index contributed by atoms with van der Waals surface area (Å²) < 4.78 is 4.73. The predicted octanol–water partition coefficient (Wildman–Crippen LogP) is 1.56. The van der Waals surface area contributed by atoms with Gasteiger partial charge in [0.25, 0.3) is 0 Å². The Morgan fingerprint density at radius 1 is 1.29 bits per heavy atom. The van der Waals surface area contributed by atoms with E-state index in [2.05, 4.69) is 28.4 Å². The molecule has 24 heavy (non-hydrogen) atoms. The third kappa shape index (κ3) is 4.45. The number of likely N-dealkylation sites (N-methyl/N-ethyl adjacent to an activating group) is 1. The molecule has 0 aromatic heterocycles. The van der Waals surface area contributed by atoms with Crippen LogP contribution in [0.2, 0.25) is 0 Å². The van der Waals surface area contributed by atoms with E-state index in [4.69, 9.17) is 10.5 Å². The molecule has 0 atom stereocenters. The van der Waals surface area contributed by atoms with Gasteiger partial charge in [-0.05, 0) is 19.2 Å². The molecule has 1 aliphatic rings. The summed E-state index contributed by atoms with van der Waals surface area (Å²) >= 11 is 0. The quantitative estimate of drug-likeness (QED) is 0.656. The number of piperazine rings is 1. The van der Waals surface area contributed by atoms with Gasteiger partial charge in [-0.15, -0.1) is 0 Å². The van der Waals surface area contributed by atoms with Crippen molar-refractivity contribution in [2.24, 2.45) is 10.7 Å². The fourth-order valence-electron chi connectivity index (χ4n) is 2.46. The van der Waals surface area contributed by atoms with Gasteiger partial charge >= 0.3 is 5.97 Å². The number of nitrogens with two attached hydrogens (primary N) is 1. The summed E-state index contributed by atoms with van der Waals surface area (Å²) in [5.74, 6) is -0.381. The minimum atomic E-state index is -0.381. The summed E-state index contributed by atoms with van der Waals surface area (Å²) in [6, 6.07) is 7.05. The Morgan fingerprint density at radius 3 is 2.58 bits per heavy atom. The molecule has 2 rings (SSSR count). The van der Waals surface area contributed by atoms with E-state index in [1.54, 1.807) is 30.6 Å². The Hall–Kier alpha value is -2.60. The van der Waals surface area contributed by atoms with Crippen molar-refractivity contribution in [1.29, 1.82) is 0 Å². The first-order chi connectivity index (χ1) is 11.5. The molecule has 1 heterocycles. The van der Waals surface area contributed by atoms with Crippen molar-refractivity contribution >= 4 is 17.9 Å². The fraction of sp³-hybridized carbons (Fsp3) is 0.333. The maximum atomic E-state index is 11.6. The molecule has 2 N–H and O–H groups in total. The Kier molecular flexibility index (Phi) is 6.14. The number of ether oxygens (including phenoxy) is 1. The van der Waals surface area contributed by atoms with E-state index in [9.17, 15) is 4.79 Å². The number of allylic oxidation sites excluding steroid dienone is 1. The van der Waals surface area contributed by atoms with E-state index >= 15 is 0 Å². The number of aliphatic imine (C=N–C) groups is 1. The van der Waals surface area contributed by atoms with E-state index in [-0.39, 0.29) is 5.97 Å². The van der Waals surface area contributed by atoms with Crippen molar-refractivity contribution in [1.82, 2.24) is 9.80 Å². The molecule has 0 aliphatic carbocycles. The van der Waals surface area contributed by atoms with Crippen LogP contribution in [-0.2, 0) is 4.74 Å². The first kappa shape index (κ1) is 17.7. The van der Waals surface area contributed by atoms with E-state index in [0.717, 1.165) is 37.4 Å². The van der Waals surface area contributed by atoms with Crippen molar-refractivity contribution in [2.75, 3.05) is 40.3 Å². The molecule has 0 bridgehead atoms. The number of carbonyl (C=O) groups is 1. The molecule has 6 nitrogen and oxygen atoms in total. The third-order valence-electron chi connectivity index (χ3n) is 4.01. The molecule has 0 amide bonds. The van der Waals surface area contributed by atoms with Crippen LogP contribution in [-0.4, -0.2) is 62.3 Å². The second-order valence-electron chi connectivity index (χ2n) is 5.66. The van der Waals surface area contributed by atoms with Gasteiger partial charge in [-0.3, -0.25) is 4.99 Å². The van der Waals surface area contributed by atoms with Gasteiger partial charge in [0.2, 0.25) is 0 Å². The standard InChI is InChI=1S/C18H24N4O2/c1-14(15-5-4-6-16(11-15)18(23)24-3)20-13-17(12-19)22-9-7-21(2)8-10-22/h4-6,11-13H,1,7-10,19H2,2-3H3/b17-12+,20-13?. The predicted molar refractivity (Wildman–Crippen MR) is 96.6 cm³/mol. The van der Waals surface area contributed by atoms with E-state index in [1.165, 1.54) is 7.11 Å². The smallest absolute Gasteiger partial charge is 0.337 e. The Bertz CT molecular complexity index is 659. The maximum absolute atomic E-state index is 11.6. The van der Waals surface area contributed by atoms with Crippen LogP contribution in [0.3, 0.4) is 0 Å². The van der Waals surface area contributed by atoms with Crippen molar-refractivity contribution in [3.8, 4) is 0 Å². The monoisotopic (exact) mass is 328 g/mol. The Labute approximate surface area is 142 Å². The molecule has 1 aliphatic heterocycles. The number of esters is 1. The normalized spacial score (nSPS) is 16.4. The van der Waals surface area contributed by atoms with Crippen LogP contribution in [0.1, 0.15) is 15.9 Å². The van der Waals surface area contributed by atoms with Gasteiger partial charge < -0.3 is 20.3 Å². The molecule has 0 radical (unpaired) electrons. The van der Waals surface area contributed by atoms with Gasteiger partial charge in [-0.1, -0.05) is 18.7 Å². The molecule has 1 aromatic rings. The minimum absolute atomic E-state index is 0.381. The summed E-state index contributed by atoms with van der Waals surface area (Å²) in [4.78, 5) is 20.5. The highest BCUT2D eigenvalue weighted by Gasteiger charge is 2.15. The highest BCUT2D eigenvalue weighted by Crippen LogP contribution is 2.16. The van der Waals surface area contributed by atoms with Gasteiger partial charge in [0.15, 0.2) is 0 Å². The molecule has 0 spiro atoms. The van der Waals surface area contributed by atoms with Crippen LogP contribution in [0.15, 0.2) is 47.7 Å². The largest absolute Gasteiger partial charge is 0.465 e.